The van der Waals surface area contributed by atoms with Crippen molar-refractivity contribution in [3.63, 3.8) is 0 Å². The third kappa shape index (κ3) is 2.96. The number of anilines is 1. The van der Waals surface area contributed by atoms with Gasteiger partial charge in [0.15, 0.2) is 5.13 Å². The number of hydrogen-bond donors (Lipinski definition) is 2. The number of ether oxygens (including phenoxy) is 1. The molecular formula is C15H19N3O2S. The van der Waals surface area contributed by atoms with Gasteiger partial charge < -0.3 is 10.1 Å². The normalized spacial score (nSPS) is 30.4. The number of thiazole rings is 1. The Morgan fingerprint density at radius 3 is 3.19 bits per heavy atom. The fraction of sp³-hybridized carbons (Fsp3) is 0.600. The third-order valence-corrected chi connectivity index (χ3v) is 5.25. The fourth-order valence-electron chi connectivity index (χ4n) is 3.03. The Bertz CT molecular complexity index is 567. The van der Waals surface area contributed by atoms with Crippen LogP contribution in [0.4, 0.5) is 9.93 Å². The Labute approximate surface area is 127 Å². The molecule has 5 nitrogen and oxygen atoms in total. The number of rotatable bonds is 4. The largest absolute Gasteiger partial charge is 0.374 e. The summed E-state index contributed by atoms with van der Waals surface area (Å²) in [5.74, 6) is 1.55. The first kappa shape index (κ1) is 13.3. The summed E-state index contributed by atoms with van der Waals surface area (Å²) in [6, 6.07) is -0.166. The van der Waals surface area contributed by atoms with Crippen LogP contribution in [-0.2, 0) is 4.74 Å². The van der Waals surface area contributed by atoms with Crippen molar-refractivity contribution in [1.29, 1.82) is 0 Å². The smallest absolute Gasteiger partial charge is 0.321 e. The minimum Gasteiger partial charge on any atom is -0.374 e. The van der Waals surface area contributed by atoms with Gasteiger partial charge in [-0.2, -0.15) is 0 Å². The van der Waals surface area contributed by atoms with E-state index < -0.39 is 0 Å². The molecule has 2 fully saturated rings. The zero-order valence-corrected chi connectivity index (χ0v) is 12.6. The van der Waals surface area contributed by atoms with E-state index in [0.29, 0.717) is 35.5 Å². The molecule has 6 heteroatoms. The highest BCUT2D eigenvalue weighted by molar-refractivity contribution is 7.13. The molecule has 1 saturated carbocycles. The average Bonchev–Trinajstić information content (AvgIpc) is 3.12. The maximum absolute atomic E-state index is 11.9. The van der Waals surface area contributed by atoms with Gasteiger partial charge in [0, 0.05) is 17.8 Å². The summed E-state index contributed by atoms with van der Waals surface area (Å²) >= 11 is 1.50. The molecule has 2 N–H and O–H groups in total. The first-order chi connectivity index (χ1) is 10.3. The van der Waals surface area contributed by atoms with Crippen LogP contribution in [0.25, 0.3) is 0 Å². The summed E-state index contributed by atoms with van der Waals surface area (Å²) in [6.07, 6.45) is 8.15. The minimum absolute atomic E-state index is 0.166. The monoisotopic (exact) mass is 305 g/mol. The Kier molecular flexibility index (Phi) is 3.43. The summed E-state index contributed by atoms with van der Waals surface area (Å²) in [5, 5.41) is 8.52. The van der Waals surface area contributed by atoms with Crippen molar-refractivity contribution in [1.82, 2.24) is 10.3 Å². The molecule has 3 atom stereocenters. The molecule has 3 aliphatic rings. The molecule has 1 aliphatic heterocycles. The summed E-state index contributed by atoms with van der Waals surface area (Å²) in [7, 11) is 0. The zero-order chi connectivity index (χ0) is 14.2. The zero-order valence-electron chi connectivity index (χ0n) is 11.7. The number of urea groups is 1. The Hall–Kier alpha value is -1.40. The summed E-state index contributed by atoms with van der Waals surface area (Å²) < 4.78 is 5.62. The number of fused-ring (bicyclic) bond motifs is 2. The predicted molar refractivity (Wildman–Crippen MR) is 81.6 cm³/mol. The molecule has 1 aromatic rings. The van der Waals surface area contributed by atoms with Gasteiger partial charge in [-0.05, 0) is 31.1 Å². The van der Waals surface area contributed by atoms with E-state index in [1.165, 1.54) is 24.2 Å². The van der Waals surface area contributed by atoms with Crippen molar-refractivity contribution in [2.45, 2.75) is 31.3 Å². The van der Waals surface area contributed by atoms with E-state index in [0.717, 1.165) is 18.7 Å². The SMILES string of the molecule is O=C(NC[C@@H]1C=C[C@H]2C[C@@H]1CO2)Nc1nc(C2CC2)cs1. The van der Waals surface area contributed by atoms with E-state index in [2.05, 4.69) is 27.8 Å². The number of carbonyl (C=O) groups excluding carboxylic acids is 1. The van der Waals surface area contributed by atoms with Crippen LogP contribution in [0.2, 0.25) is 0 Å². The summed E-state index contributed by atoms with van der Waals surface area (Å²) in [6.45, 7) is 1.47. The van der Waals surface area contributed by atoms with E-state index in [1.54, 1.807) is 0 Å². The molecular weight excluding hydrogens is 286 g/mol. The second kappa shape index (κ2) is 5.42. The van der Waals surface area contributed by atoms with Crippen molar-refractivity contribution in [2.24, 2.45) is 11.8 Å². The lowest BCUT2D eigenvalue weighted by molar-refractivity contribution is 0.140. The Morgan fingerprint density at radius 2 is 2.33 bits per heavy atom. The quantitative estimate of drug-likeness (QED) is 0.841. The van der Waals surface area contributed by atoms with Crippen LogP contribution in [0, 0.1) is 11.8 Å². The minimum atomic E-state index is -0.166. The van der Waals surface area contributed by atoms with Gasteiger partial charge in [0.05, 0.1) is 18.4 Å². The molecule has 21 heavy (non-hydrogen) atoms. The van der Waals surface area contributed by atoms with Crippen LogP contribution in [0.15, 0.2) is 17.5 Å². The van der Waals surface area contributed by atoms with Gasteiger partial charge in [0.25, 0.3) is 0 Å². The number of nitrogens with zero attached hydrogens (tertiary/aromatic N) is 1. The molecule has 4 rings (SSSR count). The highest BCUT2D eigenvalue weighted by atomic mass is 32.1. The number of carbonyl (C=O) groups is 1. The van der Waals surface area contributed by atoms with Crippen molar-refractivity contribution in [2.75, 3.05) is 18.5 Å². The van der Waals surface area contributed by atoms with Crippen LogP contribution in [-0.4, -0.2) is 30.3 Å². The third-order valence-electron chi connectivity index (χ3n) is 4.47. The second-order valence-electron chi connectivity index (χ2n) is 6.10. The maximum atomic E-state index is 11.9. The van der Waals surface area contributed by atoms with Crippen LogP contribution in [0.3, 0.4) is 0 Å². The first-order valence-corrected chi connectivity index (χ1v) is 8.46. The van der Waals surface area contributed by atoms with Crippen LogP contribution in [0.5, 0.6) is 0 Å². The van der Waals surface area contributed by atoms with Crippen molar-refractivity contribution in [3.8, 4) is 0 Å². The summed E-state index contributed by atoms with van der Waals surface area (Å²) in [4.78, 5) is 16.4. The molecule has 1 aromatic heterocycles. The van der Waals surface area contributed by atoms with Crippen molar-refractivity contribution < 1.29 is 9.53 Å². The predicted octanol–water partition coefficient (Wildman–Crippen LogP) is 2.73. The standard InChI is InChI=1S/C15H19N3O2S/c19-14(18-15-17-13(8-21-15)9-1-2-9)16-6-10-3-4-12-5-11(10)7-20-12/h3-4,8-12H,1-2,5-7H2,(H2,16,17,18,19)/t10-,11+,12-/m0/s1. The van der Waals surface area contributed by atoms with Gasteiger partial charge in [-0.3, -0.25) is 5.32 Å². The second-order valence-corrected chi connectivity index (χ2v) is 6.96. The average molecular weight is 305 g/mol. The van der Waals surface area contributed by atoms with Gasteiger partial charge in [-0.25, -0.2) is 9.78 Å². The molecule has 2 aliphatic carbocycles. The molecule has 112 valence electrons. The molecule has 0 spiro atoms. The molecule has 2 amide bonds. The van der Waals surface area contributed by atoms with Crippen LogP contribution in [0.1, 0.15) is 30.9 Å². The maximum Gasteiger partial charge on any atom is 0.321 e. The van der Waals surface area contributed by atoms with Gasteiger partial charge >= 0.3 is 6.03 Å². The Morgan fingerprint density at radius 1 is 1.43 bits per heavy atom. The molecule has 1 saturated heterocycles. The highest BCUT2D eigenvalue weighted by Gasteiger charge is 2.33. The lowest BCUT2D eigenvalue weighted by atomic mass is 9.85. The Balaban J connectivity index is 1.27. The fourth-order valence-corrected chi connectivity index (χ4v) is 3.82. The van der Waals surface area contributed by atoms with E-state index in [-0.39, 0.29) is 6.03 Å². The van der Waals surface area contributed by atoms with Gasteiger partial charge in [-0.15, -0.1) is 11.3 Å². The van der Waals surface area contributed by atoms with Crippen molar-refractivity contribution in [3.05, 3.63) is 23.2 Å². The van der Waals surface area contributed by atoms with E-state index in [9.17, 15) is 4.79 Å². The highest BCUT2D eigenvalue weighted by Crippen LogP contribution is 2.40. The first-order valence-electron chi connectivity index (χ1n) is 7.58. The molecule has 0 radical (unpaired) electrons. The summed E-state index contributed by atoms with van der Waals surface area (Å²) in [5.41, 5.74) is 1.12. The van der Waals surface area contributed by atoms with Crippen LogP contribution < -0.4 is 10.6 Å². The molecule has 2 bridgehead atoms. The number of amides is 2. The van der Waals surface area contributed by atoms with Gasteiger partial charge in [0.2, 0.25) is 0 Å². The van der Waals surface area contributed by atoms with Gasteiger partial charge in [-0.1, -0.05) is 12.2 Å². The molecule has 0 aromatic carbocycles. The van der Waals surface area contributed by atoms with Crippen molar-refractivity contribution >= 4 is 22.5 Å². The number of hydrogen-bond acceptors (Lipinski definition) is 4. The number of aromatic nitrogens is 1. The van der Waals surface area contributed by atoms with E-state index >= 15 is 0 Å². The molecule has 2 heterocycles. The van der Waals surface area contributed by atoms with E-state index in [1.807, 2.05) is 5.38 Å². The lowest BCUT2D eigenvalue weighted by Crippen LogP contribution is -2.35. The van der Waals surface area contributed by atoms with Crippen LogP contribution >= 0.6 is 11.3 Å². The topological polar surface area (TPSA) is 63.2 Å². The lowest BCUT2D eigenvalue weighted by Gasteiger charge is -2.22. The molecule has 0 unspecified atom stereocenters. The number of nitrogens with one attached hydrogen (secondary N) is 2. The van der Waals surface area contributed by atoms with E-state index in [4.69, 9.17) is 4.74 Å². The van der Waals surface area contributed by atoms with Gasteiger partial charge in [0.1, 0.15) is 0 Å².